The van der Waals surface area contributed by atoms with E-state index < -0.39 is 17.6 Å². The van der Waals surface area contributed by atoms with Crippen LogP contribution in [0.2, 0.25) is 0 Å². The maximum atomic E-state index is 13.6. The van der Waals surface area contributed by atoms with Gasteiger partial charge in [-0.05, 0) is 35.7 Å². The van der Waals surface area contributed by atoms with E-state index in [1.807, 2.05) is 12.1 Å². The lowest BCUT2D eigenvalue weighted by Gasteiger charge is -2.29. The lowest BCUT2D eigenvalue weighted by Crippen LogP contribution is -2.44. The van der Waals surface area contributed by atoms with Gasteiger partial charge >= 0.3 is 11.8 Å². The van der Waals surface area contributed by atoms with E-state index in [0.717, 1.165) is 11.1 Å². The predicted octanol–water partition coefficient (Wildman–Crippen LogP) is 2.04. The first kappa shape index (κ1) is 18.7. The van der Waals surface area contributed by atoms with Crippen LogP contribution >= 0.6 is 0 Å². The Morgan fingerprint density at radius 2 is 1.78 bits per heavy atom. The van der Waals surface area contributed by atoms with Crippen molar-refractivity contribution in [3.63, 3.8) is 0 Å². The van der Waals surface area contributed by atoms with Gasteiger partial charge in [-0.15, -0.1) is 0 Å². The first-order valence-electron chi connectivity index (χ1n) is 8.57. The summed E-state index contributed by atoms with van der Waals surface area (Å²) in [6, 6.07) is 9.85. The summed E-state index contributed by atoms with van der Waals surface area (Å²) >= 11 is 0. The number of halogens is 1. The number of amides is 2. The Kier molecular flexibility index (Phi) is 5.59. The van der Waals surface area contributed by atoms with Gasteiger partial charge in [0.1, 0.15) is 5.82 Å². The van der Waals surface area contributed by atoms with E-state index in [1.165, 1.54) is 11.0 Å². The molecular formula is C20H21FN2O4. The number of rotatable bonds is 4. The van der Waals surface area contributed by atoms with Crippen LogP contribution in [0.15, 0.2) is 36.4 Å². The lowest BCUT2D eigenvalue weighted by atomic mass is 9.98. The number of carbonyl (C=O) groups is 2. The summed E-state index contributed by atoms with van der Waals surface area (Å²) in [5.41, 5.74) is 2.30. The molecule has 27 heavy (non-hydrogen) atoms. The Labute approximate surface area is 156 Å². The Bertz CT molecular complexity index is 869. The molecule has 2 aromatic rings. The van der Waals surface area contributed by atoms with E-state index in [1.54, 1.807) is 32.4 Å². The standard InChI is InChI=1S/C20H21FN2O4/c1-26-17-9-13-7-8-23(12-15(13)10-18(17)27-2)20(25)19(24)22-11-14-5-3-4-6-16(14)21/h3-6,9-10H,7-8,11-12H2,1-2H3,(H,22,24). The summed E-state index contributed by atoms with van der Waals surface area (Å²) in [6.45, 7) is 0.697. The SMILES string of the molecule is COc1cc2c(cc1OC)CN(C(=O)C(=O)NCc1ccccc1F)CC2. The zero-order valence-corrected chi connectivity index (χ0v) is 15.3. The Morgan fingerprint density at radius 1 is 1.11 bits per heavy atom. The molecule has 3 rings (SSSR count). The first-order valence-corrected chi connectivity index (χ1v) is 8.57. The number of fused-ring (bicyclic) bond motifs is 1. The van der Waals surface area contributed by atoms with Gasteiger partial charge in [0.15, 0.2) is 11.5 Å². The van der Waals surface area contributed by atoms with Gasteiger partial charge in [-0.3, -0.25) is 9.59 Å². The molecule has 0 aromatic heterocycles. The van der Waals surface area contributed by atoms with E-state index >= 15 is 0 Å². The summed E-state index contributed by atoms with van der Waals surface area (Å²) in [6.07, 6.45) is 0.613. The average Bonchev–Trinajstić information content (AvgIpc) is 2.70. The number of hydrogen-bond donors (Lipinski definition) is 1. The van der Waals surface area contributed by atoms with Crippen molar-refractivity contribution in [1.82, 2.24) is 10.2 Å². The molecule has 1 aliphatic rings. The minimum Gasteiger partial charge on any atom is -0.493 e. The van der Waals surface area contributed by atoms with Crippen LogP contribution in [0.3, 0.4) is 0 Å². The third-order valence-electron chi connectivity index (χ3n) is 4.60. The van der Waals surface area contributed by atoms with Gasteiger partial charge in [-0.25, -0.2) is 4.39 Å². The molecule has 0 fully saturated rings. The smallest absolute Gasteiger partial charge is 0.312 e. The molecule has 0 unspecified atom stereocenters. The molecule has 0 bridgehead atoms. The fourth-order valence-corrected chi connectivity index (χ4v) is 3.09. The molecule has 2 aromatic carbocycles. The molecule has 7 heteroatoms. The molecule has 1 aliphatic heterocycles. The van der Waals surface area contributed by atoms with E-state index in [-0.39, 0.29) is 6.54 Å². The summed E-state index contributed by atoms with van der Waals surface area (Å²) in [7, 11) is 3.12. The van der Waals surface area contributed by atoms with Crippen LogP contribution in [0.4, 0.5) is 4.39 Å². The van der Waals surface area contributed by atoms with Gasteiger partial charge in [0, 0.05) is 25.2 Å². The summed E-state index contributed by atoms with van der Waals surface area (Å²) < 4.78 is 24.2. The van der Waals surface area contributed by atoms with Crippen LogP contribution in [0, 0.1) is 5.82 Å². The van der Waals surface area contributed by atoms with Crippen molar-refractivity contribution < 1.29 is 23.5 Å². The normalized spacial score (nSPS) is 12.9. The van der Waals surface area contributed by atoms with Gasteiger partial charge < -0.3 is 19.7 Å². The van der Waals surface area contributed by atoms with Gasteiger partial charge in [-0.1, -0.05) is 18.2 Å². The number of methoxy groups -OCH3 is 2. The van der Waals surface area contributed by atoms with Crippen molar-refractivity contribution in [1.29, 1.82) is 0 Å². The molecule has 0 spiro atoms. The molecule has 0 atom stereocenters. The number of benzene rings is 2. The number of nitrogens with one attached hydrogen (secondary N) is 1. The number of carbonyl (C=O) groups excluding carboxylic acids is 2. The van der Waals surface area contributed by atoms with Gasteiger partial charge in [-0.2, -0.15) is 0 Å². The highest BCUT2D eigenvalue weighted by Gasteiger charge is 2.27. The Morgan fingerprint density at radius 3 is 2.44 bits per heavy atom. The van der Waals surface area contributed by atoms with Crippen molar-refractivity contribution in [2.75, 3.05) is 20.8 Å². The molecule has 1 heterocycles. The van der Waals surface area contributed by atoms with Gasteiger partial charge in [0.2, 0.25) is 0 Å². The molecule has 0 radical (unpaired) electrons. The second-order valence-corrected chi connectivity index (χ2v) is 6.23. The highest BCUT2D eigenvalue weighted by Crippen LogP contribution is 2.33. The van der Waals surface area contributed by atoms with E-state index in [4.69, 9.17) is 9.47 Å². The highest BCUT2D eigenvalue weighted by molar-refractivity contribution is 6.34. The van der Waals surface area contributed by atoms with Crippen molar-refractivity contribution in [2.45, 2.75) is 19.5 Å². The van der Waals surface area contributed by atoms with E-state index in [0.29, 0.717) is 36.6 Å². The van der Waals surface area contributed by atoms with Crippen LogP contribution in [-0.2, 0) is 29.1 Å². The largest absolute Gasteiger partial charge is 0.493 e. The maximum absolute atomic E-state index is 13.6. The third kappa shape index (κ3) is 4.02. The van der Waals surface area contributed by atoms with E-state index in [9.17, 15) is 14.0 Å². The topological polar surface area (TPSA) is 67.9 Å². The van der Waals surface area contributed by atoms with Crippen LogP contribution in [0.25, 0.3) is 0 Å². The first-order chi connectivity index (χ1) is 13.0. The lowest BCUT2D eigenvalue weighted by molar-refractivity contribution is -0.146. The van der Waals surface area contributed by atoms with Crippen molar-refractivity contribution in [2.24, 2.45) is 0 Å². The van der Waals surface area contributed by atoms with Gasteiger partial charge in [0.25, 0.3) is 0 Å². The minimum atomic E-state index is -0.748. The van der Waals surface area contributed by atoms with Crippen molar-refractivity contribution >= 4 is 11.8 Å². The quantitative estimate of drug-likeness (QED) is 0.834. The molecule has 0 saturated heterocycles. The number of hydrogen-bond acceptors (Lipinski definition) is 4. The summed E-state index contributed by atoms with van der Waals surface area (Å²) in [4.78, 5) is 26.1. The second kappa shape index (κ2) is 8.07. The maximum Gasteiger partial charge on any atom is 0.312 e. The third-order valence-corrected chi connectivity index (χ3v) is 4.60. The second-order valence-electron chi connectivity index (χ2n) is 6.23. The molecule has 2 amide bonds. The zero-order valence-electron chi connectivity index (χ0n) is 15.3. The van der Waals surface area contributed by atoms with Gasteiger partial charge in [0.05, 0.1) is 14.2 Å². The van der Waals surface area contributed by atoms with Crippen LogP contribution in [-0.4, -0.2) is 37.5 Å². The fourth-order valence-electron chi connectivity index (χ4n) is 3.09. The zero-order chi connectivity index (χ0) is 19.4. The molecule has 6 nitrogen and oxygen atoms in total. The van der Waals surface area contributed by atoms with Crippen LogP contribution in [0.1, 0.15) is 16.7 Å². The molecule has 0 aliphatic carbocycles. The predicted molar refractivity (Wildman–Crippen MR) is 96.9 cm³/mol. The number of nitrogens with zero attached hydrogens (tertiary/aromatic N) is 1. The monoisotopic (exact) mass is 372 g/mol. The van der Waals surface area contributed by atoms with Crippen LogP contribution < -0.4 is 14.8 Å². The molecule has 1 N–H and O–H groups in total. The van der Waals surface area contributed by atoms with Crippen molar-refractivity contribution in [3.05, 3.63) is 58.9 Å². The fraction of sp³-hybridized carbons (Fsp3) is 0.300. The minimum absolute atomic E-state index is 0.0350. The summed E-state index contributed by atoms with van der Waals surface area (Å²) in [5, 5.41) is 2.49. The van der Waals surface area contributed by atoms with Crippen molar-refractivity contribution in [3.8, 4) is 11.5 Å². The highest BCUT2D eigenvalue weighted by atomic mass is 19.1. The molecule has 0 saturated carbocycles. The molecular weight excluding hydrogens is 351 g/mol. The van der Waals surface area contributed by atoms with Crippen LogP contribution in [0.5, 0.6) is 11.5 Å². The molecule has 142 valence electrons. The summed E-state index contributed by atoms with van der Waals surface area (Å²) in [5.74, 6) is -0.583. The van der Waals surface area contributed by atoms with E-state index in [2.05, 4.69) is 5.32 Å². The Hall–Kier alpha value is -3.09. The number of ether oxygens (including phenoxy) is 2. The Balaban J connectivity index is 1.66. The average molecular weight is 372 g/mol.